The second kappa shape index (κ2) is 4.88. The van der Waals surface area contributed by atoms with E-state index in [2.05, 4.69) is 10.8 Å². The highest BCUT2D eigenvalue weighted by molar-refractivity contribution is 6.02. The predicted octanol–water partition coefficient (Wildman–Crippen LogP) is 0.837. The van der Waals surface area contributed by atoms with Crippen molar-refractivity contribution in [3.63, 3.8) is 0 Å². The summed E-state index contributed by atoms with van der Waals surface area (Å²) in [6.07, 6.45) is 1.18. The summed E-state index contributed by atoms with van der Waals surface area (Å²) in [5.74, 6) is 0.140. The van der Waals surface area contributed by atoms with Gasteiger partial charge in [0, 0.05) is 18.4 Å². The largest absolute Gasteiger partial charge is 0.496 e. The number of para-hydroxylation sites is 1. The van der Waals surface area contributed by atoms with E-state index in [-0.39, 0.29) is 17.9 Å². The van der Waals surface area contributed by atoms with Crippen molar-refractivity contribution in [2.75, 3.05) is 7.11 Å². The number of hydrogen-bond acceptors (Lipinski definition) is 5. The van der Waals surface area contributed by atoms with E-state index in [1.807, 2.05) is 24.3 Å². The molecule has 2 amide bonds. The molecule has 2 N–H and O–H groups in total. The van der Waals surface area contributed by atoms with Crippen LogP contribution in [0.3, 0.4) is 0 Å². The summed E-state index contributed by atoms with van der Waals surface area (Å²) in [6.45, 7) is 0. The Bertz CT molecular complexity index is 560. The summed E-state index contributed by atoms with van der Waals surface area (Å²) in [6, 6.07) is 7.47. The second-order valence-electron chi connectivity index (χ2n) is 5.09. The summed E-state index contributed by atoms with van der Waals surface area (Å²) in [4.78, 5) is 28.8. The van der Waals surface area contributed by atoms with Crippen molar-refractivity contribution in [2.45, 2.75) is 30.9 Å². The maximum Gasteiger partial charge on any atom is 0.261 e. The molecular formula is C14H16N2O4. The van der Waals surface area contributed by atoms with E-state index >= 15 is 0 Å². The summed E-state index contributed by atoms with van der Waals surface area (Å²) in [7, 11) is 1.61. The predicted molar refractivity (Wildman–Crippen MR) is 69.7 cm³/mol. The van der Waals surface area contributed by atoms with Crippen LogP contribution in [0.25, 0.3) is 0 Å². The van der Waals surface area contributed by atoms with E-state index in [4.69, 9.17) is 9.57 Å². The van der Waals surface area contributed by atoms with E-state index in [0.717, 1.165) is 11.3 Å². The number of hydroxylamine groups is 1. The first-order valence-electron chi connectivity index (χ1n) is 6.55. The molecule has 1 aromatic carbocycles. The fourth-order valence-corrected chi connectivity index (χ4v) is 2.75. The monoisotopic (exact) mass is 276 g/mol. The average Bonchev–Trinajstić information content (AvgIpc) is 2.89. The number of benzene rings is 1. The average molecular weight is 276 g/mol. The van der Waals surface area contributed by atoms with Crippen molar-refractivity contribution in [3.8, 4) is 5.75 Å². The van der Waals surface area contributed by atoms with Gasteiger partial charge in [-0.1, -0.05) is 18.2 Å². The van der Waals surface area contributed by atoms with Gasteiger partial charge in [-0.05, 0) is 12.5 Å². The number of rotatable bonds is 2. The van der Waals surface area contributed by atoms with Gasteiger partial charge < -0.3 is 4.74 Å². The molecule has 2 heterocycles. The number of amides is 2. The Morgan fingerprint density at radius 3 is 2.90 bits per heavy atom. The molecule has 2 saturated heterocycles. The highest BCUT2D eigenvalue weighted by Crippen LogP contribution is 2.40. The van der Waals surface area contributed by atoms with Crippen LogP contribution in [0.2, 0.25) is 0 Å². The second-order valence-corrected chi connectivity index (χ2v) is 5.09. The van der Waals surface area contributed by atoms with Crippen molar-refractivity contribution < 1.29 is 19.2 Å². The molecule has 2 fully saturated rings. The van der Waals surface area contributed by atoms with Gasteiger partial charge in [-0.25, -0.2) is 0 Å². The number of carbonyl (C=O) groups is 2. The highest BCUT2D eigenvalue weighted by Gasteiger charge is 2.50. The van der Waals surface area contributed by atoms with Gasteiger partial charge in [-0.15, -0.1) is 0 Å². The molecule has 1 aromatic rings. The molecule has 106 valence electrons. The molecule has 3 rings (SSSR count). The summed E-state index contributed by atoms with van der Waals surface area (Å²) >= 11 is 0. The molecule has 1 spiro atoms. The number of ether oxygens (including phenoxy) is 1. The first-order valence-corrected chi connectivity index (χ1v) is 6.55. The molecule has 0 radical (unpaired) electrons. The van der Waals surface area contributed by atoms with Gasteiger partial charge in [-0.3, -0.25) is 19.7 Å². The Kier molecular flexibility index (Phi) is 3.19. The lowest BCUT2D eigenvalue weighted by atomic mass is 9.85. The van der Waals surface area contributed by atoms with Crippen molar-refractivity contribution in [3.05, 3.63) is 29.8 Å². The molecule has 0 bridgehead atoms. The molecule has 0 aromatic heterocycles. The zero-order valence-electron chi connectivity index (χ0n) is 11.1. The number of carbonyl (C=O) groups excluding carboxylic acids is 2. The van der Waals surface area contributed by atoms with Crippen LogP contribution in [0.4, 0.5) is 0 Å². The Hall–Kier alpha value is -1.92. The first kappa shape index (κ1) is 13.1. The summed E-state index contributed by atoms with van der Waals surface area (Å²) in [5, 5.41) is 2.34. The zero-order chi connectivity index (χ0) is 14.2. The number of nitrogens with one attached hydrogen (secondary N) is 2. The summed E-state index contributed by atoms with van der Waals surface area (Å²) < 4.78 is 5.33. The highest BCUT2D eigenvalue weighted by atomic mass is 16.7. The molecular weight excluding hydrogens is 260 g/mol. The molecule has 20 heavy (non-hydrogen) atoms. The molecule has 6 nitrogen and oxygen atoms in total. The minimum absolute atomic E-state index is 0.134. The van der Waals surface area contributed by atoms with Crippen LogP contribution in [-0.4, -0.2) is 24.5 Å². The fraction of sp³-hybridized carbons (Fsp3) is 0.429. The van der Waals surface area contributed by atoms with Crippen LogP contribution < -0.4 is 15.5 Å². The Labute approximate surface area is 116 Å². The third-order valence-corrected chi connectivity index (χ3v) is 3.87. The zero-order valence-corrected chi connectivity index (χ0v) is 11.1. The van der Waals surface area contributed by atoms with E-state index < -0.39 is 5.60 Å². The Morgan fingerprint density at radius 1 is 1.35 bits per heavy atom. The van der Waals surface area contributed by atoms with Crippen LogP contribution in [0, 0.1) is 0 Å². The van der Waals surface area contributed by atoms with E-state index in [1.165, 1.54) is 0 Å². The topological polar surface area (TPSA) is 76.7 Å². The molecule has 2 aliphatic rings. The van der Waals surface area contributed by atoms with Crippen molar-refractivity contribution in [1.29, 1.82) is 0 Å². The number of methoxy groups -OCH3 is 1. The summed E-state index contributed by atoms with van der Waals surface area (Å²) in [5.41, 5.74) is 2.88. The number of hydrogen-bond donors (Lipinski definition) is 2. The van der Waals surface area contributed by atoms with Gasteiger partial charge in [0.15, 0.2) is 5.60 Å². The molecule has 1 unspecified atom stereocenters. The van der Waals surface area contributed by atoms with Crippen LogP contribution in [0.1, 0.15) is 30.9 Å². The Balaban J connectivity index is 1.83. The lowest BCUT2D eigenvalue weighted by molar-refractivity contribution is -0.157. The minimum Gasteiger partial charge on any atom is -0.496 e. The lowest BCUT2D eigenvalue weighted by Gasteiger charge is -2.28. The van der Waals surface area contributed by atoms with Crippen molar-refractivity contribution in [1.82, 2.24) is 10.8 Å². The van der Waals surface area contributed by atoms with Crippen molar-refractivity contribution >= 4 is 11.8 Å². The van der Waals surface area contributed by atoms with Crippen LogP contribution >= 0.6 is 0 Å². The van der Waals surface area contributed by atoms with Gasteiger partial charge in [-0.2, -0.15) is 5.48 Å². The van der Waals surface area contributed by atoms with Crippen LogP contribution in [0.5, 0.6) is 5.75 Å². The minimum atomic E-state index is -0.959. The SMILES string of the molecule is COc1ccccc1C1C[C@]2(CCC(=O)NC2=O)ON1. The standard InChI is InChI=1S/C14H16N2O4/c1-19-11-5-3-2-4-9(11)10-8-14(20-16-10)7-6-12(17)15-13(14)18/h2-5,10,16H,6-8H2,1H3,(H,15,17,18)/t10?,14-/m0/s1. The molecule has 2 aliphatic heterocycles. The first-order chi connectivity index (χ1) is 9.64. The van der Waals surface area contributed by atoms with Crippen LogP contribution in [-0.2, 0) is 14.4 Å². The van der Waals surface area contributed by atoms with E-state index in [1.54, 1.807) is 7.11 Å². The van der Waals surface area contributed by atoms with Crippen LogP contribution in [0.15, 0.2) is 24.3 Å². The smallest absolute Gasteiger partial charge is 0.261 e. The van der Waals surface area contributed by atoms with Gasteiger partial charge in [0.05, 0.1) is 13.2 Å². The van der Waals surface area contributed by atoms with Gasteiger partial charge in [0.1, 0.15) is 5.75 Å². The molecule has 6 heteroatoms. The van der Waals surface area contributed by atoms with E-state index in [9.17, 15) is 9.59 Å². The van der Waals surface area contributed by atoms with Crippen molar-refractivity contribution in [2.24, 2.45) is 0 Å². The molecule has 0 aliphatic carbocycles. The maximum absolute atomic E-state index is 12.0. The normalized spacial score (nSPS) is 29.6. The van der Waals surface area contributed by atoms with E-state index in [0.29, 0.717) is 19.3 Å². The molecule has 0 saturated carbocycles. The lowest BCUT2D eigenvalue weighted by Crippen LogP contribution is -2.53. The van der Waals surface area contributed by atoms with Gasteiger partial charge in [0.2, 0.25) is 5.91 Å². The van der Waals surface area contributed by atoms with Gasteiger partial charge in [0.25, 0.3) is 5.91 Å². The molecule has 2 atom stereocenters. The quantitative estimate of drug-likeness (QED) is 0.783. The van der Waals surface area contributed by atoms with Gasteiger partial charge >= 0.3 is 0 Å². The third kappa shape index (κ3) is 2.07. The number of imide groups is 1. The fourth-order valence-electron chi connectivity index (χ4n) is 2.75. The number of piperidine rings is 1. The third-order valence-electron chi connectivity index (χ3n) is 3.87. The Morgan fingerprint density at radius 2 is 2.15 bits per heavy atom. The maximum atomic E-state index is 12.0.